The van der Waals surface area contributed by atoms with E-state index in [1.165, 1.54) is 18.2 Å². The Hall–Kier alpha value is -2.89. The van der Waals surface area contributed by atoms with E-state index in [9.17, 15) is 14.9 Å². The molecule has 0 heterocycles. The molecule has 0 unspecified atom stereocenters. The average Bonchev–Trinajstić information content (AvgIpc) is 2.47. The first-order valence-corrected chi connectivity index (χ1v) is 5.94. The summed E-state index contributed by atoms with van der Waals surface area (Å²) in [6.07, 6.45) is 0. The van der Waals surface area contributed by atoms with Crippen LogP contribution in [0.15, 0.2) is 48.5 Å². The smallest absolute Gasteiger partial charge is 0.270 e. The number of rotatable bonds is 4. The lowest BCUT2D eigenvalue weighted by atomic mass is 10.1. The topological polar surface area (TPSA) is 84.3 Å². The van der Waals surface area contributed by atoms with Gasteiger partial charge in [-0.15, -0.1) is 0 Å². The summed E-state index contributed by atoms with van der Waals surface area (Å²) in [5, 5.41) is 16.3. The van der Waals surface area contributed by atoms with E-state index >= 15 is 0 Å². The van der Waals surface area contributed by atoms with Gasteiger partial charge < -0.3 is 10.6 Å². The molecule has 2 N–H and O–H groups in total. The van der Waals surface area contributed by atoms with Gasteiger partial charge in [0.2, 0.25) is 0 Å². The van der Waals surface area contributed by atoms with E-state index in [1.807, 2.05) is 6.07 Å². The number of nitro benzene ring substituents is 1. The van der Waals surface area contributed by atoms with Crippen molar-refractivity contribution in [2.24, 2.45) is 0 Å². The summed E-state index contributed by atoms with van der Waals surface area (Å²) in [7, 11) is 1.65. The van der Waals surface area contributed by atoms with Gasteiger partial charge in [0.15, 0.2) is 0 Å². The van der Waals surface area contributed by atoms with Gasteiger partial charge in [0.1, 0.15) is 0 Å². The van der Waals surface area contributed by atoms with E-state index in [2.05, 4.69) is 10.6 Å². The van der Waals surface area contributed by atoms with Crippen LogP contribution in [0.2, 0.25) is 0 Å². The molecule has 6 nitrogen and oxygen atoms in total. The van der Waals surface area contributed by atoms with Crippen molar-refractivity contribution in [1.29, 1.82) is 0 Å². The summed E-state index contributed by atoms with van der Waals surface area (Å²) < 4.78 is 0. The second-order valence-electron chi connectivity index (χ2n) is 4.06. The normalized spacial score (nSPS) is 9.85. The van der Waals surface area contributed by atoms with Crippen molar-refractivity contribution in [1.82, 2.24) is 0 Å². The Bertz CT molecular complexity index is 641. The van der Waals surface area contributed by atoms with Crippen molar-refractivity contribution in [3.63, 3.8) is 0 Å². The molecule has 6 heteroatoms. The Morgan fingerprint density at radius 2 is 1.85 bits per heavy atom. The first-order chi connectivity index (χ1) is 9.61. The highest BCUT2D eigenvalue weighted by Crippen LogP contribution is 2.22. The zero-order valence-electron chi connectivity index (χ0n) is 10.8. The first kappa shape index (κ1) is 13.5. The minimum atomic E-state index is -0.529. The number of carbonyl (C=O) groups is 1. The fraction of sp³-hybridized carbons (Fsp3) is 0.0714. The molecule has 102 valence electrons. The number of anilines is 2. The summed E-state index contributed by atoms with van der Waals surface area (Å²) in [6, 6.07) is 13.0. The highest BCUT2D eigenvalue weighted by molar-refractivity contribution is 6.08. The number of nitrogens with zero attached hydrogens (tertiary/aromatic N) is 1. The Labute approximate surface area is 115 Å². The number of benzene rings is 2. The number of para-hydroxylation sites is 1. The molecule has 1 amide bonds. The van der Waals surface area contributed by atoms with Crippen molar-refractivity contribution in [2.45, 2.75) is 0 Å². The zero-order chi connectivity index (χ0) is 14.5. The maximum absolute atomic E-state index is 12.2. The Morgan fingerprint density at radius 3 is 2.45 bits per heavy atom. The van der Waals surface area contributed by atoms with Crippen molar-refractivity contribution < 1.29 is 9.72 Å². The number of carbonyl (C=O) groups excluding carboxylic acids is 1. The predicted octanol–water partition coefficient (Wildman–Crippen LogP) is 2.89. The van der Waals surface area contributed by atoms with Gasteiger partial charge in [-0.25, -0.2) is 0 Å². The highest BCUT2D eigenvalue weighted by atomic mass is 16.6. The van der Waals surface area contributed by atoms with Crippen LogP contribution in [-0.2, 0) is 0 Å². The van der Waals surface area contributed by atoms with E-state index in [1.54, 1.807) is 31.3 Å². The average molecular weight is 271 g/mol. The van der Waals surface area contributed by atoms with Gasteiger partial charge in [0.05, 0.1) is 10.5 Å². The minimum absolute atomic E-state index is 0.123. The van der Waals surface area contributed by atoms with Crippen LogP contribution in [0, 0.1) is 10.1 Å². The molecule has 0 fully saturated rings. The number of nitrogens with one attached hydrogen (secondary N) is 2. The molecular weight excluding hydrogens is 258 g/mol. The van der Waals surface area contributed by atoms with Crippen molar-refractivity contribution in [3.8, 4) is 0 Å². The van der Waals surface area contributed by atoms with E-state index in [0.717, 1.165) is 0 Å². The number of hydrogen-bond acceptors (Lipinski definition) is 4. The van der Waals surface area contributed by atoms with Crippen LogP contribution < -0.4 is 10.6 Å². The third kappa shape index (κ3) is 2.92. The van der Waals surface area contributed by atoms with Crippen LogP contribution >= 0.6 is 0 Å². The lowest BCUT2D eigenvalue weighted by molar-refractivity contribution is -0.384. The Kier molecular flexibility index (Phi) is 3.95. The summed E-state index contributed by atoms with van der Waals surface area (Å²) in [5.74, 6) is -0.399. The summed E-state index contributed by atoms with van der Waals surface area (Å²) in [6.45, 7) is 0. The molecule has 0 saturated heterocycles. The maximum Gasteiger partial charge on any atom is 0.270 e. The minimum Gasteiger partial charge on any atom is -0.387 e. The van der Waals surface area contributed by atoms with Gasteiger partial charge in [0, 0.05) is 30.6 Å². The van der Waals surface area contributed by atoms with Gasteiger partial charge in [-0.05, 0) is 18.2 Å². The molecule has 2 rings (SSSR count). The third-order valence-electron chi connectivity index (χ3n) is 2.76. The van der Waals surface area contributed by atoms with E-state index in [0.29, 0.717) is 11.4 Å². The van der Waals surface area contributed by atoms with E-state index < -0.39 is 10.8 Å². The van der Waals surface area contributed by atoms with Crippen LogP contribution in [0.5, 0.6) is 0 Å². The van der Waals surface area contributed by atoms with Crippen LogP contribution in [-0.4, -0.2) is 17.9 Å². The van der Waals surface area contributed by atoms with E-state index in [4.69, 9.17) is 0 Å². The molecular formula is C14H13N3O3. The fourth-order valence-electron chi connectivity index (χ4n) is 1.77. The molecule has 0 aliphatic heterocycles. The Balaban J connectivity index is 2.32. The molecule has 0 radical (unpaired) electrons. The van der Waals surface area contributed by atoms with Gasteiger partial charge in [-0.3, -0.25) is 14.9 Å². The fourth-order valence-corrected chi connectivity index (χ4v) is 1.77. The Morgan fingerprint density at radius 1 is 1.15 bits per heavy atom. The van der Waals surface area contributed by atoms with Crippen LogP contribution in [0.25, 0.3) is 0 Å². The molecule has 0 aliphatic carbocycles. The standard InChI is InChI=1S/C14H13N3O3/c1-15-13-8-7-11(17(19)20)9-12(13)14(18)16-10-5-3-2-4-6-10/h2-9,15H,1H3,(H,16,18). The third-order valence-corrected chi connectivity index (χ3v) is 2.76. The second-order valence-corrected chi connectivity index (χ2v) is 4.06. The zero-order valence-corrected chi connectivity index (χ0v) is 10.8. The molecule has 0 atom stereocenters. The van der Waals surface area contributed by atoms with Crippen LogP contribution in [0.3, 0.4) is 0 Å². The summed E-state index contributed by atoms with van der Waals surface area (Å²) in [5.41, 5.74) is 1.27. The van der Waals surface area contributed by atoms with Crippen LogP contribution in [0.1, 0.15) is 10.4 Å². The van der Waals surface area contributed by atoms with Gasteiger partial charge >= 0.3 is 0 Å². The van der Waals surface area contributed by atoms with Crippen molar-refractivity contribution in [3.05, 3.63) is 64.2 Å². The molecule has 0 spiro atoms. The van der Waals surface area contributed by atoms with Crippen molar-refractivity contribution in [2.75, 3.05) is 17.7 Å². The number of amides is 1. The highest BCUT2D eigenvalue weighted by Gasteiger charge is 2.16. The number of non-ortho nitro benzene ring substituents is 1. The van der Waals surface area contributed by atoms with Crippen LogP contribution in [0.4, 0.5) is 17.1 Å². The van der Waals surface area contributed by atoms with Gasteiger partial charge in [-0.2, -0.15) is 0 Å². The number of hydrogen-bond donors (Lipinski definition) is 2. The molecule has 0 saturated carbocycles. The van der Waals surface area contributed by atoms with E-state index in [-0.39, 0.29) is 11.3 Å². The molecule has 20 heavy (non-hydrogen) atoms. The summed E-state index contributed by atoms with van der Waals surface area (Å²) in [4.78, 5) is 22.5. The van der Waals surface area contributed by atoms with Crippen molar-refractivity contribution >= 4 is 23.0 Å². The maximum atomic E-state index is 12.2. The molecule has 0 aliphatic rings. The monoisotopic (exact) mass is 271 g/mol. The predicted molar refractivity (Wildman–Crippen MR) is 77.0 cm³/mol. The lowest BCUT2D eigenvalue weighted by Crippen LogP contribution is -2.14. The largest absolute Gasteiger partial charge is 0.387 e. The molecule has 2 aromatic carbocycles. The SMILES string of the molecule is CNc1ccc([N+](=O)[O-])cc1C(=O)Nc1ccccc1. The second kappa shape index (κ2) is 5.83. The molecule has 0 bridgehead atoms. The summed E-state index contributed by atoms with van der Waals surface area (Å²) >= 11 is 0. The van der Waals surface area contributed by atoms with Gasteiger partial charge in [-0.1, -0.05) is 18.2 Å². The molecule has 0 aromatic heterocycles. The lowest BCUT2D eigenvalue weighted by Gasteiger charge is -2.09. The quantitative estimate of drug-likeness (QED) is 0.661. The molecule has 2 aromatic rings. The first-order valence-electron chi connectivity index (χ1n) is 5.94. The van der Waals surface area contributed by atoms with Gasteiger partial charge in [0.25, 0.3) is 11.6 Å². The number of nitro groups is 1.